The summed E-state index contributed by atoms with van der Waals surface area (Å²) in [7, 11) is -0.603. The van der Waals surface area contributed by atoms with Crippen LogP contribution in [0.15, 0.2) is 33.9 Å². The van der Waals surface area contributed by atoms with E-state index in [0.29, 0.717) is 35.1 Å². The largest absolute Gasteiger partial charge is 0.495 e. The number of benzene rings is 1. The summed E-state index contributed by atoms with van der Waals surface area (Å²) in [5.74, 6) is 0.817. The van der Waals surface area contributed by atoms with Gasteiger partial charge in [-0.3, -0.25) is 4.79 Å². The minimum Gasteiger partial charge on any atom is -0.495 e. The highest BCUT2D eigenvalue weighted by Crippen LogP contribution is 2.39. The number of nitrogens with one attached hydrogen (secondary N) is 1. The minimum atomic E-state index is -3.72. The van der Waals surface area contributed by atoms with E-state index in [4.69, 9.17) is 9.47 Å². The molecular weight excluding hydrogens is 446 g/mol. The second-order valence-electron chi connectivity index (χ2n) is 6.72. The second-order valence-corrected chi connectivity index (χ2v) is 10.8. The Labute approximate surface area is 182 Å². The number of thiazole rings is 1. The number of methoxy groups -OCH3 is 2. The van der Waals surface area contributed by atoms with Gasteiger partial charge in [0, 0.05) is 6.54 Å². The van der Waals surface area contributed by atoms with Crippen molar-refractivity contribution in [2.45, 2.75) is 29.5 Å². The average molecular weight is 468 g/mol. The highest BCUT2D eigenvalue weighted by Gasteiger charge is 2.38. The molecule has 0 aliphatic carbocycles. The molecule has 1 unspecified atom stereocenters. The number of rotatable bonds is 6. The Morgan fingerprint density at radius 3 is 2.67 bits per heavy atom. The van der Waals surface area contributed by atoms with Gasteiger partial charge in [-0.2, -0.15) is 4.31 Å². The molecule has 160 valence electrons. The van der Waals surface area contributed by atoms with Gasteiger partial charge in [0.2, 0.25) is 5.91 Å². The second kappa shape index (κ2) is 8.50. The number of ether oxygens (including phenoxy) is 2. The quantitative estimate of drug-likeness (QED) is 0.595. The third kappa shape index (κ3) is 3.78. The number of fused-ring (bicyclic) bond motifs is 1. The Hall–Kier alpha value is -2.21. The van der Waals surface area contributed by atoms with Crippen LogP contribution in [0.3, 0.4) is 0 Å². The van der Waals surface area contributed by atoms with Crippen LogP contribution in [0.1, 0.15) is 19.3 Å². The van der Waals surface area contributed by atoms with E-state index in [2.05, 4.69) is 10.3 Å². The van der Waals surface area contributed by atoms with Crippen molar-refractivity contribution >= 4 is 54.0 Å². The van der Waals surface area contributed by atoms with E-state index in [-0.39, 0.29) is 10.1 Å². The molecule has 1 saturated heterocycles. The predicted molar refractivity (Wildman–Crippen MR) is 117 cm³/mol. The number of amides is 1. The number of aromatic nitrogens is 1. The number of sulfonamides is 1. The highest BCUT2D eigenvalue weighted by atomic mass is 32.2. The van der Waals surface area contributed by atoms with Crippen LogP contribution in [0.4, 0.5) is 5.13 Å². The molecule has 1 fully saturated rings. The summed E-state index contributed by atoms with van der Waals surface area (Å²) in [6, 6.07) is 6.01. The van der Waals surface area contributed by atoms with Gasteiger partial charge >= 0.3 is 0 Å². The maximum absolute atomic E-state index is 13.1. The van der Waals surface area contributed by atoms with E-state index in [0.717, 1.165) is 28.9 Å². The number of hydrogen-bond acceptors (Lipinski definition) is 8. The molecule has 3 heterocycles. The lowest BCUT2D eigenvalue weighted by molar-refractivity contribution is -0.120. The van der Waals surface area contributed by atoms with Crippen LogP contribution in [0.2, 0.25) is 0 Å². The number of nitrogens with zero attached hydrogens (tertiary/aromatic N) is 2. The summed E-state index contributed by atoms with van der Waals surface area (Å²) < 4.78 is 39.1. The first-order valence-corrected chi connectivity index (χ1v) is 12.5. The monoisotopic (exact) mass is 467 g/mol. The molecule has 2 aromatic heterocycles. The fourth-order valence-electron chi connectivity index (χ4n) is 3.51. The molecule has 0 radical (unpaired) electrons. The van der Waals surface area contributed by atoms with Crippen molar-refractivity contribution in [1.29, 1.82) is 0 Å². The average Bonchev–Trinajstić information content (AvgIpc) is 3.43. The van der Waals surface area contributed by atoms with Crippen LogP contribution < -0.4 is 14.8 Å². The van der Waals surface area contributed by atoms with Crippen molar-refractivity contribution in [1.82, 2.24) is 9.29 Å². The Bertz CT molecular complexity index is 1120. The number of thiophene rings is 1. The summed E-state index contributed by atoms with van der Waals surface area (Å²) in [4.78, 5) is 17.5. The molecule has 1 aliphatic heterocycles. The van der Waals surface area contributed by atoms with Gasteiger partial charge in [0.05, 0.1) is 14.2 Å². The Morgan fingerprint density at radius 2 is 1.97 bits per heavy atom. The molecule has 1 amide bonds. The molecule has 4 rings (SSSR count). The fourth-order valence-corrected chi connectivity index (χ4v) is 7.26. The third-order valence-corrected chi connectivity index (χ3v) is 9.22. The summed E-state index contributed by atoms with van der Waals surface area (Å²) in [5, 5.41) is 4.89. The molecule has 11 heteroatoms. The molecule has 8 nitrogen and oxygen atoms in total. The van der Waals surface area contributed by atoms with E-state index >= 15 is 0 Å². The molecule has 1 aliphatic rings. The molecule has 30 heavy (non-hydrogen) atoms. The number of piperidine rings is 1. The van der Waals surface area contributed by atoms with Crippen LogP contribution in [0.5, 0.6) is 11.5 Å². The molecule has 1 aromatic carbocycles. The molecule has 3 aromatic rings. The van der Waals surface area contributed by atoms with Crippen LogP contribution in [0.25, 0.3) is 10.2 Å². The summed E-state index contributed by atoms with van der Waals surface area (Å²) in [5.41, 5.74) is 0.587. The lowest BCUT2D eigenvalue weighted by atomic mass is 10.0. The van der Waals surface area contributed by atoms with Gasteiger partial charge in [-0.05, 0) is 36.4 Å². The van der Waals surface area contributed by atoms with E-state index < -0.39 is 16.1 Å². The summed E-state index contributed by atoms with van der Waals surface area (Å²) in [6.45, 7) is 0.319. The van der Waals surface area contributed by atoms with Gasteiger partial charge in [-0.15, -0.1) is 11.3 Å². The Balaban J connectivity index is 1.62. The van der Waals surface area contributed by atoms with E-state index in [9.17, 15) is 13.2 Å². The number of anilines is 1. The molecule has 1 atom stereocenters. The van der Waals surface area contributed by atoms with Crippen molar-refractivity contribution in [3.05, 3.63) is 29.6 Å². The number of carbonyl (C=O) groups is 1. The fraction of sp³-hybridized carbons (Fsp3) is 0.368. The Morgan fingerprint density at radius 1 is 1.20 bits per heavy atom. The predicted octanol–water partition coefficient (Wildman–Crippen LogP) is 3.56. The SMILES string of the molecule is COc1ccc(OC)c2sc(NC(=O)C3CCCCN3S(=O)(=O)c3cccs3)nc12. The van der Waals surface area contributed by atoms with Gasteiger partial charge in [0.25, 0.3) is 10.0 Å². The van der Waals surface area contributed by atoms with Crippen LogP contribution in [-0.4, -0.2) is 50.4 Å². The normalized spacial score (nSPS) is 17.7. The first-order chi connectivity index (χ1) is 14.5. The molecule has 0 bridgehead atoms. The number of carbonyl (C=O) groups excluding carboxylic acids is 1. The van der Waals surface area contributed by atoms with Gasteiger partial charge in [-0.1, -0.05) is 23.8 Å². The van der Waals surface area contributed by atoms with Crippen molar-refractivity contribution in [3.8, 4) is 11.5 Å². The smallest absolute Gasteiger partial charge is 0.253 e. The van der Waals surface area contributed by atoms with Gasteiger partial charge in [-0.25, -0.2) is 13.4 Å². The van der Waals surface area contributed by atoms with E-state index in [1.54, 1.807) is 43.9 Å². The lowest BCUT2D eigenvalue weighted by Gasteiger charge is -2.32. The molecule has 0 saturated carbocycles. The molecule has 1 N–H and O–H groups in total. The maximum atomic E-state index is 13.1. The summed E-state index contributed by atoms with van der Waals surface area (Å²) >= 11 is 2.42. The molecule has 0 spiro atoms. The first-order valence-electron chi connectivity index (χ1n) is 9.33. The van der Waals surface area contributed by atoms with Crippen molar-refractivity contribution in [2.24, 2.45) is 0 Å². The van der Waals surface area contributed by atoms with Crippen molar-refractivity contribution in [2.75, 3.05) is 26.1 Å². The van der Waals surface area contributed by atoms with E-state index in [1.807, 2.05) is 0 Å². The zero-order valence-corrected chi connectivity index (χ0v) is 18.9. The van der Waals surface area contributed by atoms with Crippen molar-refractivity contribution < 1.29 is 22.7 Å². The van der Waals surface area contributed by atoms with Crippen LogP contribution in [0, 0.1) is 0 Å². The van der Waals surface area contributed by atoms with E-state index in [1.165, 1.54) is 15.6 Å². The lowest BCUT2D eigenvalue weighted by Crippen LogP contribution is -2.49. The summed E-state index contributed by atoms with van der Waals surface area (Å²) in [6.07, 6.45) is 1.98. The zero-order chi connectivity index (χ0) is 21.3. The highest BCUT2D eigenvalue weighted by molar-refractivity contribution is 7.91. The number of hydrogen-bond donors (Lipinski definition) is 1. The van der Waals surface area contributed by atoms with Gasteiger partial charge in [0.15, 0.2) is 5.13 Å². The van der Waals surface area contributed by atoms with Crippen LogP contribution >= 0.6 is 22.7 Å². The maximum Gasteiger partial charge on any atom is 0.253 e. The van der Waals surface area contributed by atoms with Crippen molar-refractivity contribution in [3.63, 3.8) is 0 Å². The van der Waals surface area contributed by atoms with Gasteiger partial charge in [0.1, 0.15) is 32.0 Å². The Kier molecular flexibility index (Phi) is 5.96. The topological polar surface area (TPSA) is 97.8 Å². The third-order valence-electron chi connectivity index (χ3n) is 4.95. The molecular formula is C19H21N3O5S3. The first kappa shape index (κ1) is 21.0. The van der Waals surface area contributed by atoms with Crippen LogP contribution in [-0.2, 0) is 14.8 Å². The zero-order valence-electron chi connectivity index (χ0n) is 16.5. The van der Waals surface area contributed by atoms with Gasteiger partial charge < -0.3 is 14.8 Å². The standard InChI is InChI=1S/C19H21N3O5S3/c1-26-13-8-9-14(27-2)17-16(13)20-19(29-17)21-18(23)12-6-3-4-10-22(12)30(24,25)15-7-5-11-28-15/h5,7-9,11-12H,3-4,6,10H2,1-2H3,(H,20,21,23). The minimum absolute atomic E-state index is 0.247.